The van der Waals surface area contributed by atoms with E-state index >= 15 is 0 Å². The minimum Gasteiger partial charge on any atom is -0.461 e. The normalized spacial score (nSPS) is 15.5. The maximum Gasteiger partial charge on any atom is 0.132 e. The molecular weight excluding hydrogens is 542 g/mol. The van der Waals surface area contributed by atoms with Crippen molar-refractivity contribution in [3.8, 4) is 28.0 Å². The van der Waals surface area contributed by atoms with E-state index in [0.717, 1.165) is 39.5 Å². The Morgan fingerprint density at radius 3 is 1.67 bits per heavy atom. The highest BCUT2D eigenvalue weighted by molar-refractivity contribution is 9.11. The number of benzene rings is 5. The van der Waals surface area contributed by atoms with Gasteiger partial charge < -0.3 is 9.64 Å². The fourth-order valence-electron chi connectivity index (χ4n) is 5.50. The molecule has 0 amide bonds. The molecule has 0 radical (unpaired) electrons. The Morgan fingerprint density at radius 1 is 0.590 bits per heavy atom. The van der Waals surface area contributed by atoms with Gasteiger partial charge in [-0.3, -0.25) is 0 Å². The Labute approximate surface area is 237 Å². The number of hydrogen-bond acceptors (Lipinski definition) is 2. The zero-order valence-corrected chi connectivity index (χ0v) is 22.9. The lowest BCUT2D eigenvalue weighted by molar-refractivity contribution is 0.425. The van der Waals surface area contributed by atoms with Crippen molar-refractivity contribution in [2.45, 2.75) is 12.3 Å². The van der Waals surface area contributed by atoms with Crippen molar-refractivity contribution in [2.24, 2.45) is 0 Å². The van der Waals surface area contributed by atoms with Crippen molar-refractivity contribution >= 4 is 33.0 Å². The second-order valence-electron chi connectivity index (χ2n) is 9.91. The standard InChI is InChI=1S/C36H26BrNO/c37-29-15-21-33-34-22-20-32(24-36(34)39-35(33)23-29)38(30-16-11-27(12-17-30)25-7-3-1-4-8-25)31-18-13-28(14-19-31)26-9-5-2-6-10-26/h1-20,22-24,33H,21H2. The average Bonchev–Trinajstić information content (AvgIpc) is 3.36. The molecule has 0 spiro atoms. The third-order valence-electron chi connectivity index (χ3n) is 7.50. The van der Waals surface area contributed by atoms with Crippen LogP contribution in [0.1, 0.15) is 17.9 Å². The summed E-state index contributed by atoms with van der Waals surface area (Å²) in [5, 5.41) is 0. The SMILES string of the molecule is BrC1=CCC2C(=C1)Oc1cc(N(c3ccc(-c4ccccc4)cc3)c3ccc(-c4ccccc4)cc3)ccc12. The molecule has 2 aliphatic rings. The molecule has 0 N–H and O–H groups in total. The van der Waals surface area contributed by atoms with Gasteiger partial charge in [-0.15, -0.1) is 0 Å². The van der Waals surface area contributed by atoms with Crippen LogP contribution in [0.3, 0.4) is 0 Å². The molecule has 7 rings (SSSR count). The summed E-state index contributed by atoms with van der Waals surface area (Å²) < 4.78 is 7.45. The van der Waals surface area contributed by atoms with Crippen molar-refractivity contribution in [2.75, 3.05) is 4.90 Å². The van der Waals surface area contributed by atoms with Gasteiger partial charge in [0, 0.05) is 39.1 Å². The molecule has 0 saturated heterocycles. The van der Waals surface area contributed by atoms with Crippen LogP contribution in [0.2, 0.25) is 0 Å². The maximum atomic E-state index is 6.36. The van der Waals surface area contributed by atoms with E-state index in [2.05, 4.69) is 160 Å². The lowest BCUT2D eigenvalue weighted by Gasteiger charge is -2.26. The topological polar surface area (TPSA) is 12.5 Å². The fraction of sp³-hybridized carbons (Fsp3) is 0.0556. The second kappa shape index (κ2) is 10.1. The highest BCUT2D eigenvalue weighted by Crippen LogP contribution is 2.48. The summed E-state index contributed by atoms with van der Waals surface area (Å²) in [6, 6.07) is 45.2. The summed E-state index contributed by atoms with van der Waals surface area (Å²) in [6.45, 7) is 0. The first-order chi connectivity index (χ1) is 19.2. The van der Waals surface area contributed by atoms with Crippen molar-refractivity contribution in [1.29, 1.82) is 0 Å². The monoisotopic (exact) mass is 567 g/mol. The molecule has 1 aliphatic heterocycles. The van der Waals surface area contributed by atoms with Crippen LogP contribution in [0, 0.1) is 0 Å². The molecule has 188 valence electrons. The first-order valence-corrected chi connectivity index (χ1v) is 14.0. The van der Waals surface area contributed by atoms with Crippen molar-refractivity contribution in [1.82, 2.24) is 0 Å². The zero-order chi connectivity index (χ0) is 26.2. The molecule has 1 atom stereocenters. The van der Waals surface area contributed by atoms with E-state index in [0.29, 0.717) is 5.92 Å². The van der Waals surface area contributed by atoms with E-state index in [1.807, 2.05) is 0 Å². The molecule has 5 aromatic carbocycles. The molecule has 0 saturated carbocycles. The van der Waals surface area contributed by atoms with Gasteiger partial charge in [0.05, 0.1) is 0 Å². The van der Waals surface area contributed by atoms with Gasteiger partial charge in [0.15, 0.2) is 0 Å². The Bertz CT molecular complexity index is 1600. The summed E-state index contributed by atoms with van der Waals surface area (Å²) >= 11 is 3.61. The van der Waals surface area contributed by atoms with E-state index in [4.69, 9.17) is 4.74 Å². The highest BCUT2D eigenvalue weighted by Gasteiger charge is 2.31. The second-order valence-corrected chi connectivity index (χ2v) is 10.8. The van der Waals surface area contributed by atoms with Crippen LogP contribution in [0.4, 0.5) is 17.1 Å². The predicted molar refractivity (Wildman–Crippen MR) is 165 cm³/mol. The third kappa shape index (κ3) is 4.60. The van der Waals surface area contributed by atoms with E-state index in [1.54, 1.807) is 0 Å². The number of rotatable bonds is 5. The van der Waals surface area contributed by atoms with E-state index in [1.165, 1.54) is 27.8 Å². The van der Waals surface area contributed by atoms with Crippen LogP contribution in [0.15, 0.2) is 150 Å². The number of hydrogen-bond donors (Lipinski definition) is 0. The molecule has 1 heterocycles. The van der Waals surface area contributed by atoms with Gasteiger partial charge >= 0.3 is 0 Å². The number of allylic oxidation sites excluding steroid dienone is 4. The molecular formula is C36H26BrNO. The number of fused-ring (bicyclic) bond motifs is 3. The quantitative estimate of drug-likeness (QED) is 0.209. The largest absolute Gasteiger partial charge is 0.461 e. The first-order valence-electron chi connectivity index (χ1n) is 13.2. The van der Waals surface area contributed by atoms with E-state index in [9.17, 15) is 0 Å². The van der Waals surface area contributed by atoms with Gasteiger partial charge in [-0.2, -0.15) is 0 Å². The third-order valence-corrected chi connectivity index (χ3v) is 8.05. The first kappa shape index (κ1) is 23.8. The zero-order valence-electron chi connectivity index (χ0n) is 21.3. The molecule has 0 bridgehead atoms. The van der Waals surface area contributed by atoms with Crippen LogP contribution < -0.4 is 9.64 Å². The van der Waals surface area contributed by atoms with Gasteiger partial charge in [-0.25, -0.2) is 0 Å². The van der Waals surface area contributed by atoms with Crippen LogP contribution in [0.25, 0.3) is 22.3 Å². The van der Waals surface area contributed by atoms with Gasteiger partial charge in [0.25, 0.3) is 0 Å². The van der Waals surface area contributed by atoms with Crippen molar-refractivity contribution in [3.63, 3.8) is 0 Å². The summed E-state index contributed by atoms with van der Waals surface area (Å²) in [7, 11) is 0. The smallest absolute Gasteiger partial charge is 0.132 e. The number of nitrogens with zero attached hydrogens (tertiary/aromatic N) is 1. The Kier molecular flexibility index (Phi) is 6.14. The number of ether oxygens (including phenoxy) is 1. The lowest BCUT2D eigenvalue weighted by atomic mass is 9.92. The van der Waals surface area contributed by atoms with Crippen LogP contribution in [0.5, 0.6) is 5.75 Å². The van der Waals surface area contributed by atoms with Gasteiger partial charge in [0.1, 0.15) is 11.5 Å². The predicted octanol–water partition coefficient (Wildman–Crippen LogP) is 10.5. The highest BCUT2D eigenvalue weighted by atomic mass is 79.9. The van der Waals surface area contributed by atoms with Crippen LogP contribution in [-0.4, -0.2) is 0 Å². The Balaban J connectivity index is 1.29. The average molecular weight is 569 g/mol. The van der Waals surface area contributed by atoms with E-state index in [-0.39, 0.29) is 0 Å². The van der Waals surface area contributed by atoms with Gasteiger partial charge in [-0.1, -0.05) is 113 Å². The molecule has 0 aromatic heterocycles. The minimum absolute atomic E-state index is 0.291. The number of anilines is 3. The lowest BCUT2D eigenvalue weighted by Crippen LogP contribution is -2.10. The Hall–Kier alpha value is -4.34. The Morgan fingerprint density at radius 2 is 1.10 bits per heavy atom. The van der Waals surface area contributed by atoms with Crippen LogP contribution >= 0.6 is 15.9 Å². The summed E-state index contributed by atoms with van der Waals surface area (Å²) in [6.07, 6.45) is 5.26. The van der Waals surface area contributed by atoms with Gasteiger partial charge in [-0.05, 0) is 65.1 Å². The minimum atomic E-state index is 0.291. The van der Waals surface area contributed by atoms with Crippen LogP contribution in [-0.2, 0) is 0 Å². The molecule has 39 heavy (non-hydrogen) atoms. The molecule has 0 fully saturated rings. The van der Waals surface area contributed by atoms with E-state index < -0.39 is 0 Å². The maximum absolute atomic E-state index is 6.36. The van der Waals surface area contributed by atoms with Crippen molar-refractivity contribution < 1.29 is 4.74 Å². The molecule has 3 heteroatoms. The van der Waals surface area contributed by atoms with Gasteiger partial charge in [0.2, 0.25) is 0 Å². The number of halogens is 1. The summed E-state index contributed by atoms with van der Waals surface area (Å²) in [4.78, 5) is 2.30. The molecule has 2 nitrogen and oxygen atoms in total. The van der Waals surface area contributed by atoms with Crippen molar-refractivity contribution in [3.05, 3.63) is 155 Å². The molecule has 1 unspecified atom stereocenters. The fourth-order valence-corrected chi connectivity index (χ4v) is 5.92. The summed E-state index contributed by atoms with van der Waals surface area (Å²) in [5.41, 5.74) is 9.34. The molecule has 5 aromatic rings. The summed E-state index contributed by atoms with van der Waals surface area (Å²) in [5.74, 6) is 2.24. The molecule has 1 aliphatic carbocycles.